The Kier molecular flexibility index (Phi) is 5.45. The topological polar surface area (TPSA) is 74.6 Å². The van der Waals surface area contributed by atoms with Gasteiger partial charge in [-0.15, -0.1) is 0 Å². The van der Waals surface area contributed by atoms with Crippen LogP contribution in [0.3, 0.4) is 0 Å². The fourth-order valence-electron chi connectivity index (χ4n) is 2.81. The Morgan fingerprint density at radius 2 is 1.65 bits per heavy atom. The summed E-state index contributed by atoms with van der Waals surface area (Å²) in [5.74, 6) is 0.0470. The van der Waals surface area contributed by atoms with Gasteiger partial charge in [-0.25, -0.2) is 0 Å². The fraction of sp³-hybridized carbons (Fsp3) is 0.846. The second-order valence-electron chi connectivity index (χ2n) is 5.28. The number of carboxylic acids is 2. The van der Waals surface area contributed by atoms with Crippen LogP contribution >= 0.6 is 0 Å². The lowest BCUT2D eigenvalue weighted by atomic mass is 9.72. The van der Waals surface area contributed by atoms with E-state index in [-0.39, 0.29) is 12.8 Å². The maximum atomic E-state index is 10.6. The number of rotatable bonds is 6. The van der Waals surface area contributed by atoms with E-state index in [0.29, 0.717) is 17.8 Å². The van der Waals surface area contributed by atoms with Crippen molar-refractivity contribution in [2.45, 2.75) is 51.9 Å². The Labute approximate surface area is 102 Å². The average Bonchev–Trinajstić information content (AvgIpc) is 2.26. The highest BCUT2D eigenvalue weighted by atomic mass is 16.4. The number of hydrogen-bond donors (Lipinski definition) is 2. The van der Waals surface area contributed by atoms with Crippen molar-refractivity contribution in [1.29, 1.82) is 0 Å². The van der Waals surface area contributed by atoms with Gasteiger partial charge in [-0.3, -0.25) is 9.59 Å². The Morgan fingerprint density at radius 1 is 1.06 bits per heavy atom. The third-order valence-electron chi connectivity index (χ3n) is 3.97. The van der Waals surface area contributed by atoms with E-state index < -0.39 is 11.9 Å². The van der Waals surface area contributed by atoms with Crippen molar-refractivity contribution in [3.05, 3.63) is 0 Å². The van der Waals surface area contributed by atoms with Gasteiger partial charge in [0.2, 0.25) is 0 Å². The van der Waals surface area contributed by atoms with Crippen molar-refractivity contribution in [2.24, 2.45) is 17.8 Å². The van der Waals surface area contributed by atoms with E-state index in [9.17, 15) is 9.59 Å². The molecular weight excluding hydrogens is 220 g/mol. The van der Waals surface area contributed by atoms with E-state index in [2.05, 4.69) is 6.92 Å². The molecule has 0 aromatic carbocycles. The SMILES string of the molecule is C[C@@H]1CC[C@H](CCC(=O)O)C[C@H]1CCC(=O)O. The highest BCUT2D eigenvalue weighted by molar-refractivity contribution is 5.66. The summed E-state index contributed by atoms with van der Waals surface area (Å²) >= 11 is 0. The quantitative estimate of drug-likeness (QED) is 0.751. The number of carboxylic acid groups (broad SMARTS) is 2. The lowest BCUT2D eigenvalue weighted by Gasteiger charge is -2.34. The van der Waals surface area contributed by atoms with E-state index in [1.165, 1.54) is 0 Å². The highest BCUT2D eigenvalue weighted by Gasteiger charge is 2.28. The molecule has 0 radical (unpaired) electrons. The summed E-state index contributed by atoms with van der Waals surface area (Å²) in [5, 5.41) is 17.4. The molecular formula is C13H22O4. The third-order valence-corrected chi connectivity index (χ3v) is 3.97. The van der Waals surface area contributed by atoms with Gasteiger partial charge in [0.15, 0.2) is 0 Å². The van der Waals surface area contributed by atoms with Crippen molar-refractivity contribution in [3.63, 3.8) is 0 Å². The molecule has 0 unspecified atom stereocenters. The van der Waals surface area contributed by atoms with Crippen LogP contribution in [0.4, 0.5) is 0 Å². The van der Waals surface area contributed by atoms with Crippen LogP contribution in [-0.2, 0) is 9.59 Å². The molecule has 98 valence electrons. The summed E-state index contributed by atoms with van der Waals surface area (Å²) in [4.78, 5) is 21.1. The zero-order valence-electron chi connectivity index (χ0n) is 10.4. The molecule has 1 aliphatic rings. The first-order chi connectivity index (χ1) is 7.99. The van der Waals surface area contributed by atoms with Crippen LogP contribution in [0.25, 0.3) is 0 Å². The molecule has 0 aliphatic heterocycles. The van der Waals surface area contributed by atoms with Gasteiger partial charge in [-0.2, -0.15) is 0 Å². The predicted octanol–water partition coefficient (Wildman–Crippen LogP) is 2.77. The summed E-state index contributed by atoms with van der Waals surface area (Å²) in [6.45, 7) is 2.18. The Bertz CT molecular complexity index is 275. The van der Waals surface area contributed by atoms with Crippen LogP contribution in [-0.4, -0.2) is 22.2 Å². The number of aliphatic carboxylic acids is 2. The van der Waals surface area contributed by atoms with Crippen molar-refractivity contribution < 1.29 is 19.8 Å². The first kappa shape index (κ1) is 14.0. The largest absolute Gasteiger partial charge is 0.481 e. The molecule has 3 atom stereocenters. The van der Waals surface area contributed by atoms with Gasteiger partial charge in [-0.05, 0) is 37.0 Å². The molecule has 1 aliphatic carbocycles. The van der Waals surface area contributed by atoms with E-state index in [0.717, 1.165) is 32.1 Å². The van der Waals surface area contributed by atoms with Gasteiger partial charge < -0.3 is 10.2 Å². The molecule has 0 bridgehead atoms. The second kappa shape index (κ2) is 6.62. The lowest BCUT2D eigenvalue weighted by molar-refractivity contribution is -0.138. The van der Waals surface area contributed by atoms with Crippen LogP contribution in [0.15, 0.2) is 0 Å². The predicted molar refractivity (Wildman–Crippen MR) is 63.7 cm³/mol. The maximum absolute atomic E-state index is 10.6. The fourth-order valence-corrected chi connectivity index (χ4v) is 2.81. The van der Waals surface area contributed by atoms with Crippen LogP contribution in [0.2, 0.25) is 0 Å². The molecule has 0 spiro atoms. The Hall–Kier alpha value is -1.06. The van der Waals surface area contributed by atoms with Crippen molar-refractivity contribution in [2.75, 3.05) is 0 Å². The number of hydrogen-bond acceptors (Lipinski definition) is 2. The van der Waals surface area contributed by atoms with Crippen LogP contribution in [0, 0.1) is 17.8 Å². The molecule has 0 heterocycles. The molecule has 1 fully saturated rings. The molecule has 1 rings (SSSR count). The molecule has 4 nitrogen and oxygen atoms in total. The summed E-state index contributed by atoms with van der Waals surface area (Å²) in [6, 6.07) is 0. The molecule has 4 heteroatoms. The van der Waals surface area contributed by atoms with Gasteiger partial charge in [0, 0.05) is 12.8 Å². The van der Waals surface area contributed by atoms with E-state index in [4.69, 9.17) is 10.2 Å². The van der Waals surface area contributed by atoms with E-state index in [1.54, 1.807) is 0 Å². The normalized spacial score (nSPS) is 28.9. The molecule has 0 saturated heterocycles. The second-order valence-corrected chi connectivity index (χ2v) is 5.28. The minimum atomic E-state index is -0.732. The highest BCUT2D eigenvalue weighted by Crippen LogP contribution is 2.38. The first-order valence-electron chi connectivity index (χ1n) is 6.42. The summed E-state index contributed by atoms with van der Waals surface area (Å²) in [7, 11) is 0. The summed E-state index contributed by atoms with van der Waals surface area (Å²) in [5.41, 5.74) is 0. The third kappa shape index (κ3) is 5.20. The zero-order valence-corrected chi connectivity index (χ0v) is 10.4. The minimum absolute atomic E-state index is 0.237. The molecule has 2 N–H and O–H groups in total. The Morgan fingerprint density at radius 3 is 2.24 bits per heavy atom. The van der Waals surface area contributed by atoms with Crippen LogP contribution in [0.1, 0.15) is 51.9 Å². The molecule has 0 amide bonds. The molecule has 0 aromatic rings. The van der Waals surface area contributed by atoms with Gasteiger partial charge in [-0.1, -0.05) is 19.8 Å². The average molecular weight is 242 g/mol. The van der Waals surface area contributed by atoms with Crippen molar-refractivity contribution in [1.82, 2.24) is 0 Å². The first-order valence-corrected chi connectivity index (χ1v) is 6.42. The van der Waals surface area contributed by atoms with Crippen LogP contribution < -0.4 is 0 Å². The van der Waals surface area contributed by atoms with Gasteiger partial charge in [0.1, 0.15) is 0 Å². The van der Waals surface area contributed by atoms with Crippen molar-refractivity contribution in [3.8, 4) is 0 Å². The van der Waals surface area contributed by atoms with Gasteiger partial charge in [0.25, 0.3) is 0 Å². The Balaban J connectivity index is 2.36. The van der Waals surface area contributed by atoms with E-state index >= 15 is 0 Å². The van der Waals surface area contributed by atoms with Gasteiger partial charge >= 0.3 is 11.9 Å². The smallest absolute Gasteiger partial charge is 0.303 e. The standard InChI is InChI=1S/C13H22O4/c1-9-2-3-10(4-6-12(14)15)8-11(9)5-7-13(16)17/h9-11H,2-8H2,1H3,(H,14,15)(H,16,17)/t9-,10-,11-/m1/s1. The molecule has 1 saturated carbocycles. The summed E-state index contributed by atoms with van der Waals surface area (Å²) < 4.78 is 0. The van der Waals surface area contributed by atoms with Gasteiger partial charge in [0.05, 0.1) is 0 Å². The van der Waals surface area contributed by atoms with Crippen LogP contribution in [0.5, 0.6) is 0 Å². The zero-order chi connectivity index (χ0) is 12.8. The lowest BCUT2D eigenvalue weighted by Crippen LogP contribution is -2.24. The number of carbonyl (C=O) groups is 2. The minimum Gasteiger partial charge on any atom is -0.481 e. The maximum Gasteiger partial charge on any atom is 0.303 e. The summed E-state index contributed by atoms with van der Waals surface area (Å²) in [6.07, 6.45) is 5.16. The van der Waals surface area contributed by atoms with Crippen molar-refractivity contribution >= 4 is 11.9 Å². The molecule has 0 aromatic heterocycles. The van der Waals surface area contributed by atoms with E-state index in [1.807, 2.05) is 0 Å². The monoisotopic (exact) mass is 242 g/mol. The molecule has 17 heavy (non-hydrogen) atoms.